The first-order chi connectivity index (χ1) is 8.08. The Bertz CT molecular complexity index is 299. The van der Waals surface area contributed by atoms with Crippen LogP contribution in [-0.4, -0.2) is 28.2 Å². The van der Waals surface area contributed by atoms with Crippen LogP contribution in [0.1, 0.15) is 60.3 Å². The van der Waals surface area contributed by atoms with Crippen molar-refractivity contribution >= 4 is 12.0 Å². The van der Waals surface area contributed by atoms with Crippen LogP contribution in [0.15, 0.2) is 0 Å². The summed E-state index contributed by atoms with van der Waals surface area (Å²) in [6.45, 7) is 9.66. The van der Waals surface area contributed by atoms with Gasteiger partial charge in [-0.25, -0.2) is 4.79 Å². The van der Waals surface area contributed by atoms with Gasteiger partial charge in [0, 0.05) is 17.5 Å². The van der Waals surface area contributed by atoms with Gasteiger partial charge in [0.2, 0.25) is 0 Å². The molecule has 0 rings (SSSR count). The molecular weight excluding hydrogens is 232 g/mol. The molecule has 0 spiro atoms. The average Bonchev–Trinajstić information content (AvgIpc) is 2.12. The van der Waals surface area contributed by atoms with Gasteiger partial charge < -0.3 is 15.7 Å². The number of hydrogen-bond acceptors (Lipinski definition) is 2. The maximum Gasteiger partial charge on any atom is 0.315 e. The van der Waals surface area contributed by atoms with Crippen molar-refractivity contribution in [2.24, 2.45) is 0 Å². The molecule has 0 aliphatic heterocycles. The molecule has 0 radical (unpaired) electrons. The molecule has 0 fully saturated rings. The summed E-state index contributed by atoms with van der Waals surface area (Å²) in [7, 11) is 0. The Balaban J connectivity index is 4.25. The Morgan fingerprint density at radius 1 is 1.00 bits per heavy atom. The zero-order valence-corrected chi connectivity index (χ0v) is 12.1. The van der Waals surface area contributed by atoms with Crippen LogP contribution in [-0.2, 0) is 4.79 Å². The van der Waals surface area contributed by atoms with Crippen LogP contribution in [0, 0.1) is 0 Å². The zero-order valence-electron chi connectivity index (χ0n) is 12.1. The molecule has 0 heterocycles. The summed E-state index contributed by atoms with van der Waals surface area (Å²) in [4.78, 5) is 22.3. The molecule has 0 aromatic carbocycles. The molecular formula is C13H26N2O3. The molecule has 0 aromatic heterocycles. The molecule has 0 saturated carbocycles. The molecule has 5 heteroatoms. The van der Waals surface area contributed by atoms with Crippen molar-refractivity contribution in [1.29, 1.82) is 0 Å². The van der Waals surface area contributed by atoms with Crippen molar-refractivity contribution in [3.8, 4) is 0 Å². The number of carbonyl (C=O) groups excluding carboxylic acids is 1. The normalized spacial score (nSPS) is 12.1. The molecule has 0 bridgehead atoms. The Morgan fingerprint density at radius 3 is 1.83 bits per heavy atom. The second-order valence-corrected chi connectivity index (χ2v) is 5.99. The molecule has 0 saturated heterocycles. The fraction of sp³-hybridized carbons (Fsp3) is 0.846. The van der Waals surface area contributed by atoms with E-state index >= 15 is 0 Å². The van der Waals surface area contributed by atoms with E-state index in [4.69, 9.17) is 5.11 Å². The SMILES string of the molecule is CCCC(C)(C)NC(=O)NC(C)(C)CCC(=O)O. The molecule has 2 amide bonds. The Morgan fingerprint density at radius 2 is 1.44 bits per heavy atom. The van der Waals surface area contributed by atoms with Gasteiger partial charge in [-0.3, -0.25) is 4.79 Å². The van der Waals surface area contributed by atoms with Gasteiger partial charge in [0.25, 0.3) is 0 Å². The Labute approximate surface area is 109 Å². The standard InChI is InChI=1S/C13H26N2O3/c1-6-8-12(2,3)14-11(18)15-13(4,5)9-7-10(16)17/h6-9H2,1-5H3,(H,16,17)(H2,14,15,18). The third kappa shape index (κ3) is 7.92. The van der Waals surface area contributed by atoms with Crippen LogP contribution in [0.3, 0.4) is 0 Å². The van der Waals surface area contributed by atoms with Crippen LogP contribution >= 0.6 is 0 Å². The van der Waals surface area contributed by atoms with Crippen molar-refractivity contribution in [1.82, 2.24) is 10.6 Å². The molecule has 0 atom stereocenters. The molecule has 5 nitrogen and oxygen atoms in total. The highest BCUT2D eigenvalue weighted by molar-refractivity contribution is 5.75. The van der Waals surface area contributed by atoms with Gasteiger partial charge >= 0.3 is 12.0 Å². The van der Waals surface area contributed by atoms with Crippen LogP contribution < -0.4 is 10.6 Å². The lowest BCUT2D eigenvalue weighted by Crippen LogP contribution is -2.54. The molecule has 0 aliphatic rings. The van der Waals surface area contributed by atoms with Crippen molar-refractivity contribution < 1.29 is 14.7 Å². The number of nitrogens with one attached hydrogen (secondary N) is 2. The van der Waals surface area contributed by atoms with E-state index in [1.165, 1.54) is 0 Å². The number of aliphatic carboxylic acids is 1. The lowest BCUT2D eigenvalue weighted by molar-refractivity contribution is -0.137. The monoisotopic (exact) mass is 258 g/mol. The summed E-state index contributed by atoms with van der Waals surface area (Å²) < 4.78 is 0. The van der Waals surface area contributed by atoms with Gasteiger partial charge in [0.15, 0.2) is 0 Å². The van der Waals surface area contributed by atoms with Gasteiger partial charge in [0.05, 0.1) is 0 Å². The summed E-state index contributed by atoms with van der Waals surface area (Å²) in [5.41, 5.74) is -0.771. The third-order valence-electron chi connectivity index (χ3n) is 2.74. The van der Waals surface area contributed by atoms with E-state index in [2.05, 4.69) is 17.6 Å². The number of rotatable bonds is 7. The van der Waals surface area contributed by atoms with E-state index in [-0.39, 0.29) is 18.0 Å². The average molecular weight is 258 g/mol. The fourth-order valence-electron chi connectivity index (χ4n) is 1.82. The van der Waals surface area contributed by atoms with E-state index in [1.807, 2.05) is 27.7 Å². The van der Waals surface area contributed by atoms with Gasteiger partial charge in [-0.05, 0) is 40.5 Å². The van der Waals surface area contributed by atoms with Crippen molar-refractivity contribution in [3.63, 3.8) is 0 Å². The van der Waals surface area contributed by atoms with Gasteiger partial charge in [-0.2, -0.15) is 0 Å². The van der Waals surface area contributed by atoms with Crippen molar-refractivity contribution in [2.45, 2.75) is 71.4 Å². The summed E-state index contributed by atoms with van der Waals surface area (Å²) in [5, 5.41) is 14.4. The summed E-state index contributed by atoms with van der Waals surface area (Å²) in [5.74, 6) is -0.850. The molecule has 0 unspecified atom stereocenters. The highest BCUT2D eigenvalue weighted by Crippen LogP contribution is 2.13. The maximum atomic E-state index is 11.8. The van der Waals surface area contributed by atoms with E-state index < -0.39 is 11.5 Å². The van der Waals surface area contributed by atoms with E-state index in [0.29, 0.717) is 6.42 Å². The Kier molecular flexibility index (Phi) is 6.15. The maximum absolute atomic E-state index is 11.8. The van der Waals surface area contributed by atoms with Crippen molar-refractivity contribution in [2.75, 3.05) is 0 Å². The third-order valence-corrected chi connectivity index (χ3v) is 2.74. The molecule has 3 N–H and O–H groups in total. The number of hydrogen-bond donors (Lipinski definition) is 3. The molecule has 106 valence electrons. The van der Waals surface area contributed by atoms with Crippen LogP contribution in [0.25, 0.3) is 0 Å². The van der Waals surface area contributed by atoms with Gasteiger partial charge in [0.1, 0.15) is 0 Å². The second-order valence-electron chi connectivity index (χ2n) is 5.99. The highest BCUT2D eigenvalue weighted by Gasteiger charge is 2.25. The number of amides is 2. The molecule has 0 aliphatic carbocycles. The summed E-state index contributed by atoms with van der Waals surface area (Å²) in [6, 6.07) is -0.246. The van der Waals surface area contributed by atoms with Crippen LogP contribution in [0.2, 0.25) is 0 Å². The van der Waals surface area contributed by atoms with E-state index in [0.717, 1.165) is 12.8 Å². The first kappa shape index (κ1) is 16.7. The van der Waals surface area contributed by atoms with Crippen LogP contribution in [0.4, 0.5) is 4.79 Å². The number of carbonyl (C=O) groups is 2. The fourth-order valence-corrected chi connectivity index (χ4v) is 1.82. The number of urea groups is 1. The quantitative estimate of drug-likeness (QED) is 0.656. The minimum atomic E-state index is -0.850. The molecule has 0 aromatic rings. The Hall–Kier alpha value is -1.26. The lowest BCUT2D eigenvalue weighted by atomic mass is 9.97. The predicted molar refractivity (Wildman–Crippen MR) is 71.6 cm³/mol. The first-order valence-electron chi connectivity index (χ1n) is 6.40. The summed E-state index contributed by atoms with van der Waals surface area (Å²) >= 11 is 0. The zero-order chi connectivity index (χ0) is 14.4. The first-order valence-corrected chi connectivity index (χ1v) is 6.40. The smallest absolute Gasteiger partial charge is 0.315 e. The lowest BCUT2D eigenvalue weighted by Gasteiger charge is -2.31. The van der Waals surface area contributed by atoms with E-state index in [1.54, 1.807) is 0 Å². The van der Waals surface area contributed by atoms with Gasteiger partial charge in [-0.1, -0.05) is 13.3 Å². The topological polar surface area (TPSA) is 78.4 Å². The number of carboxylic acid groups (broad SMARTS) is 1. The van der Waals surface area contributed by atoms with E-state index in [9.17, 15) is 9.59 Å². The summed E-state index contributed by atoms with van der Waals surface area (Å²) in [6.07, 6.45) is 2.35. The second kappa shape index (κ2) is 6.61. The molecule has 18 heavy (non-hydrogen) atoms. The minimum absolute atomic E-state index is 0.0473. The van der Waals surface area contributed by atoms with Crippen LogP contribution in [0.5, 0.6) is 0 Å². The number of carboxylic acids is 1. The largest absolute Gasteiger partial charge is 0.481 e. The van der Waals surface area contributed by atoms with Crippen molar-refractivity contribution in [3.05, 3.63) is 0 Å². The predicted octanol–water partition coefficient (Wildman–Crippen LogP) is 2.51. The highest BCUT2D eigenvalue weighted by atomic mass is 16.4. The van der Waals surface area contributed by atoms with Gasteiger partial charge in [-0.15, -0.1) is 0 Å². The minimum Gasteiger partial charge on any atom is -0.481 e.